The van der Waals surface area contributed by atoms with E-state index in [1.165, 1.54) is 0 Å². The standard InChI is InChI=1S/C39H66O20/c1-19(14-12-10-8-6-4-3-5-7-9-11-13-15-21-25(35(50)51)20(2)36(52)55-21)54-39-34(59-38-33(49)30(46)27(43)23(17-41)57-38)31(47)28(44)24(58-39)18-53-37-32(48)29(45)26(42)22(16-40)56-37/h19,21-34,37-49H,2-18H2,1H3,(H,50,51)/t19-,21+,22?,23?,24?,25+,26?,27?,28?,29?,30?,31?,32?,33?,34?,37?,38?,39?/m1/s1. The number of carboxylic acids is 1. The number of unbranched alkanes of at least 4 members (excludes halogenated alkanes) is 10. The molecule has 20 nitrogen and oxygen atoms in total. The molecule has 4 rings (SSSR count). The number of rotatable bonds is 24. The van der Waals surface area contributed by atoms with Gasteiger partial charge in [-0.25, -0.2) is 4.79 Å². The molecule has 342 valence electrons. The number of cyclic esters (lactones) is 1. The van der Waals surface area contributed by atoms with Crippen LogP contribution in [-0.4, -0.2) is 192 Å². The average molecular weight is 855 g/mol. The Bertz CT molecular complexity index is 1280. The number of aliphatic carboxylic acids is 1. The fourth-order valence-electron chi connectivity index (χ4n) is 7.86. The number of aliphatic hydroxyl groups is 10. The Kier molecular flexibility index (Phi) is 20.2. The molecular weight excluding hydrogens is 788 g/mol. The van der Waals surface area contributed by atoms with Crippen molar-refractivity contribution in [3.05, 3.63) is 12.2 Å². The van der Waals surface area contributed by atoms with Gasteiger partial charge in [-0.15, -0.1) is 0 Å². The molecule has 0 aliphatic carbocycles. The number of aliphatic hydroxyl groups excluding tert-OH is 10. The lowest BCUT2D eigenvalue weighted by Crippen LogP contribution is -2.65. The third-order valence-electron chi connectivity index (χ3n) is 11.6. The SMILES string of the molecule is C=C1C(=O)O[C@@H](CCCCCCCCCCCCC[C@@H](C)OC2OC(COC3OC(CO)C(O)C(O)C3O)C(O)C(O)C2OC2OC(CO)C(O)C(O)C2O)[C@H]1C(=O)O. The van der Waals surface area contributed by atoms with Crippen LogP contribution in [0.1, 0.15) is 90.4 Å². The number of ether oxygens (including phenoxy) is 7. The molecule has 20 heteroatoms. The van der Waals surface area contributed by atoms with Crippen LogP contribution >= 0.6 is 0 Å². The van der Waals surface area contributed by atoms with Crippen LogP contribution in [-0.2, 0) is 42.7 Å². The molecule has 4 saturated heterocycles. The summed E-state index contributed by atoms with van der Waals surface area (Å²) in [4.78, 5) is 23.1. The fourth-order valence-corrected chi connectivity index (χ4v) is 7.86. The predicted molar refractivity (Wildman–Crippen MR) is 200 cm³/mol. The Morgan fingerprint density at radius 2 is 1.10 bits per heavy atom. The van der Waals surface area contributed by atoms with Crippen molar-refractivity contribution >= 4 is 11.9 Å². The number of esters is 1. The van der Waals surface area contributed by atoms with Gasteiger partial charge in [0.25, 0.3) is 0 Å². The molecule has 0 bridgehead atoms. The second-order valence-electron chi connectivity index (χ2n) is 16.1. The highest BCUT2D eigenvalue weighted by atomic mass is 16.8. The van der Waals surface area contributed by atoms with Crippen molar-refractivity contribution in [2.24, 2.45) is 5.92 Å². The molecule has 15 unspecified atom stereocenters. The van der Waals surface area contributed by atoms with Gasteiger partial charge in [0.05, 0.1) is 25.9 Å². The first-order chi connectivity index (χ1) is 28.1. The first-order valence-corrected chi connectivity index (χ1v) is 20.8. The van der Waals surface area contributed by atoms with E-state index in [4.69, 9.17) is 33.2 Å². The summed E-state index contributed by atoms with van der Waals surface area (Å²) in [7, 11) is 0. The molecule has 11 N–H and O–H groups in total. The molecular formula is C39H66O20. The van der Waals surface area contributed by atoms with E-state index in [1.807, 2.05) is 0 Å². The third-order valence-corrected chi connectivity index (χ3v) is 11.6. The van der Waals surface area contributed by atoms with Crippen molar-refractivity contribution in [3.63, 3.8) is 0 Å². The van der Waals surface area contributed by atoms with Gasteiger partial charge < -0.3 is 89.3 Å². The molecule has 4 aliphatic heterocycles. The molecule has 0 saturated carbocycles. The van der Waals surface area contributed by atoms with Crippen LogP contribution in [0.15, 0.2) is 12.2 Å². The lowest BCUT2D eigenvalue weighted by Gasteiger charge is -2.47. The highest BCUT2D eigenvalue weighted by Gasteiger charge is 2.52. The van der Waals surface area contributed by atoms with E-state index in [0.29, 0.717) is 12.8 Å². The number of hydrogen-bond donors (Lipinski definition) is 11. The Labute approximate surface area is 343 Å². The molecule has 0 radical (unpaired) electrons. The molecule has 0 aromatic carbocycles. The monoisotopic (exact) mass is 854 g/mol. The van der Waals surface area contributed by atoms with Gasteiger partial charge >= 0.3 is 11.9 Å². The van der Waals surface area contributed by atoms with Crippen molar-refractivity contribution in [2.45, 2.75) is 195 Å². The summed E-state index contributed by atoms with van der Waals surface area (Å²) in [5.74, 6) is -2.68. The highest BCUT2D eigenvalue weighted by molar-refractivity contribution is 5.97. The Hall–Kier alpha value is -1.96. The zero-order chi connectivity index (χ0) is 43.4. The van der Waals surface area contributed by atoms with Gasteiger partial charge in [-0.3, -0.25) is 4.79 Å². The topological polar surface area (TPSA) is 321 Å². The largest absolute Gasteiger partial charge is 0.481 e. The fraction of sp³-hybridized carbons (Fsp3) is 0.897. The summed E-state index contributed by atoms with van der Waals surface area (Å²) in [6.07, 6.45) is -13.3. The maximum absolute atomic E-state index is 11.7. The maximum atomic E-state index is 11.7. The lowest BCUT2D eigenvalue weighted by atomic mass is 9.93. The van der Waals surface area contributed by atoms with Crippen molar-refractivity contribution in [2.75, 3.05) is 19.8 Å². The number of carbonyl (C=O) groups excluding carboxylic acids is 1. The van der Waals surface area contributed by atoms with Crippen molar-refractivity contribution < 1.29 is 98.9 Å². The summed E-state index contributed by atoms with van der Waals surface area (Å²) >= 11 is 0. The second-order valence-corrected chi connectivity index (χ2v) is 16.1. The van der Waals surface area contributed by atoms with Crippen LogP contribution in [0.3, 0.4) is 0 Å². The van der Waals surface area contributed by atoms with E-state index >= 15 is 0 Å². The van der Waals surface area contributed by atoms with Gasteiger partial charge in [-0.1, -0.05) is 70.8 Å². The minimum atomic E-state index is -1.82. The third kappa shape index (κ3) is 13.3. The molecule has 18 atom stereocenters. The van der Waals surface area contributed by atoms with E-state index in [2.05, 4.69) is 6.58 Å². The Morgan fingerprint density at radius 3 is 1.64 bits per heavy atom. The van der Waals surface area contributed by atoms with Gasteiger partial charge in [-0.2, -0.15) is 0 Å². The van der Waals surface area contributed by atoms with Crippen molar-refractivity contribution in [1.29, 1.82) is 0 Å². The zero-order valence-corrected chi connectivity index (χ0v) is 33.5. The molecule has 0 amide bonds. The second kappa shape index (κ2) is 24.0. The predicted octanol–water partition coefficient (Wildman–Crippen LogP) is -1.91. The molecule has 4 heterocycles. The minimum Gasteiger partial charge on any atom is -0.481 e. The number of hydrogen-bond acceptors (Lipinski definition) is 19. The van der Waals surface area contributed by atoms with Crippen LogP contribution in [0.25, 0.3) is 0 Å². The van der Waals surface area contributed by atoms with Crippen molar-refractivity contribution in [3.8, 4) is 0 Å². The number of carbonyl (C=O) groups is 2. The first kappa shape index (κ1) is 49.7. The zero-order valence-electron chi connectivity index (χ0n) is 33.5. The van der Waals surface area contributed by atoms with E-state index in [9.17, 15) is 65.8 Å². The summed E-state index contributed by atoms with van der Waals surface area (Å²) in [6.45, 7) is 3.36. The smallest absolute Gasteiger partial charge is 0.334 e. The van der Waals surface area contributed by atoms with Crippen LogP contribution in [0.2, 0.25) is 0 Å². The van der Waals surface area contributed by atoms with E-state index in [1.54, 1.807) is 6.92 Å². The maximum Gasteiger partial charge on any atom is 0.334 e. The van der Waals surface area contributed by atoms with Gasteiger partial charge in [0.15, 0.2) is 18.9 Å². The summed E-state index contributed by atoms with van der Waals surface area (Å²) in [5, 5.41) is 112. The van der Waals surface area contributed by atoms with Crippen LogP contribution < -0.4 is 0 Å². The normalized spacial score (nSPS) is 39.6. The molecule has 4 fully saturated rings. The minimum absolute atomic E-state index is 0.00884. The first-order valence-electron chi connectivity index (χ1n) is 20.8. The van der Waals surface area contributed by atoms with Crippen molar-refractivity contribution in [1.82, 2.24) is 0 Å². The highest BCUT2D eigenvalue weighted by Crippen LogP contribution is 2.33. The molecule has 0 aromatic heterocycles. The van der Waals surface area contributed by atoms with E-state index in [-0.39, 0.29) is 5.57 Å². The molecule has 4 aliphatic rings. The quantitative estimate of drug-likeness (QED) is 0.0287. The van der Waals surface area contributed by atoms with Gasteiger partial charge in [-0.05, 0) is 26.2 Å². The van der Waals surface area contributed by atoms with Gasteiger partial charge in [0, 0.05) is 5.57 Å². The average Bonchev–Trinajstić information content (AvgIpc) is 3.50. The summed E-state index contributed by atoms with van der Waals surface area (Å²) in [5.41, 5.74) is 0.00884. The van der Waals surface area contributed by atoms with Gasteiger partial charge in [0.2, 0.25) is 0 Å². The van der Waals surface area contributed by atoms with E-state index < -0.39 is 142 Å². The summed E-state index contributed by atoms with van der Waals surface area (Å²) < 4.78 is 39.5. The lowest BCUT2D eigenvalue weighted by molar-refractivity contribution is -0.376. The Balaban J connectivity index is 1.20. The van der Waals surface area contributed by atoms with Crippen LogP contribution in [0.5, 0.6) is 0 Å². The van der Waals surface area contributed by atoms with Crippen LogP contribution in [0.4, 0.5) is 0 Å². The molecule has 0 spiro atoms. The number of carboxylic acid groups (broad SMARTS) is 1. The Morgan fingerprint density at radius 1 is 0.627 bits per heavy atom. The van der Waals surface area contributed by atoms with Crippen LogP contribution in [0, 0.1) is 5.92 Å². The van der Waals surface area contributed by atoms with Gasteiger partial charge in [0.1, 0.15) is 85.3 Å². The molecule has 0 aromatic rings. The molecule has 59 heavy (non-hydrogen) atoms. The van der Waals surface area contributed by atoms with E-state index in [0.717, 1.165) is 70.6 Å². The summed E-state index contributed by atoms with van der Waals surface area (Å²) in [6, 6.07) is 0.